The maximum atomic E-state index is 14.8. The molecule has 2 heterocycles. The van der Waals surface area contributed by atoms with Crippen LogP contribution >= 0.6 is 0 Å². The highest BCUT2D eigenvalue weighted by atomic mass is 19.3. The molecule has 236 valence electrons. The first kappa shape index (κ1) is 31.9. The van der Waals surface area contributed by atoms with E-state index in [1.165, 1.54) is 7.11 Å². The number of fused-ring (bicyclic) bond motifs is 1. The summed E-state index contributed by atoms with van der Waals surface area (Å²) in [6.45, 7) is 10.6. The minimum Gasteiger partial charge on any atom is -0.493 e. The molecule has 1 N–H and O–H groups in total. The topological polar surface area (TPSA) is 77.5 Å². The summed E-state index contributed by atoms with van der Waals surface area (Å²) >= 11 is 0. The molecule has 45 heavy (non-hydrogen) atoms. The Bertz CT molecular complexity index is 1660. The van der Waals surface area contributed by atoms with Gasteiger partial charge in [0.15, 0.2) is 22.8 Å². The summed E-state index contributed by atoms with van der Waals surface area (Å²) in [7, 11) is 1.53. The smallest absolute Gasteiger partial charge is 0.310 e. The van der Waals surface area contributed by atoms with Gasteiger partial charge in [-0.3, -0.25) is 9.69 Å². The Balaban J connectivity index is 1.30. The zero-order valence-corrected chi connectivity index (χ0v) is 25.4. The fourth-order valence-corrected chi connectivity index (χ4v) is 5.88. The zero-order chi connectivity index (χ0) is 32.0. The minimum absolute atomic E-state index is 0.127. The number of carbonyl (C=O) groups is 1. The van der Waals surface area contributed by atoms with Crippen molar-refractivity contribution in [2.75, 3.05) is 33.4 Å². The van der Waals surface area contributed by atoms with Crippen LogP contribution in [0, 0.1) is 6.57 Å². The fraction of sp³-hybridized carbons (Fsp3) is 0.371. The van der Waals surface area contributed by atoms with Crippen molar-refractivity contribution in [3.8, 4) is 11.5 Å². The van der Waals surface area contributed by atoms with E-state index in [0.29, 0.717) is 67.2 Å². The van der Waals surface area contributed by atoms with Crippen molar-refractivity contribution >= 4 is 22.6 Å². The summed E-state index contributed by atoms with van der Waals surface area (Å²) in [5, 5.41) is 12.2. The van der Waals surface area contributed by atoms with E-state index >= 15 is 0 Å². The highest BCUT2D eigenvalue weighted by molar-refractivity contribution is 5.88. The molecule has 1 aromatic heterocycles. The number of methoxy groups -OCH3 is 1. The number of ether oxygens (including phenoxy) is 3. The van der Waals surface area contributed by atoms with Gasteiger partial charge in [0.25, 0.3) is 6.43 Å². The van der Waals surface area contributed by atoms with Gasteiger partial charge < -0.3 is 23.9 Å². The van der Waals surface area contributed by atoms with Gasteiger partial charge in [0.1, 0.15) is 6.10 Å². The maximum Gasteiger partial charge on any atom is 0.310 e. The normalized spacial score (nSPS) is 15.5. The molecule has 0 saturated carbocycles. The zero-order valence-electron chi connectivity index (χ0n) is 25.4. The number of aliphatic hydroxyl groups is 1. The van der Waals surface area contributed by atoms with Gasteiger partial charge in [-0.25, -0.2) is 13.6 Å². The number of piperidine rings is 1. The van der Waals surface area contributed by atoms with Crippen LogP contribution in [-0.4, -0.2) is 66.4 Å². The third-order valence-corrected chi connectivity index (χ3v) is 8.19. The monoisotopic (exact) mass is 617 g/mol. The molecule has 0 radical (unpaired) electrons. The molecule has 10 heteroatoms. The van der Waals surface area contributed by atoms with Crippen molar-refractivity contribution in [2.24, 2.45) is 0 Å². The number of carbonyl (C=O) groups excluding carboxylic acids is 1. The molecule has 0 bridgehead atoms. The third-order valence-electron chi connectivity index (χ3n) is 8.19. The van der Waals surface area contributed by atoms with Gasteiger partial charge in [0.05, 0.1) is 26.7 Å². The lowest BCUT2D eigenvalue weighted by Crippen LogP contribution is -2.49. The van der Waals surface area contributed by atoms with Gasteiger partial charge in [0.2, 0.25) is 0 Å². The van der Waals surface area contributed by atoms with Crippen LogP contribution < -0.4 is 9.47 Å². The molecule has 1 atom stereocenters. The van der Waals surface area contributed by atoms with E-state index in [-0.39, 0.29) is 30.6 Å². The lowest BCUT2D eigenvalue weighted by atomic mass is 9.92. The molecule has 3 aromatic carbocycles. The number of likely N-dealkylation sites (tertiary alicyclic amines) is 1. The molecule has 1 aliphatic heterocycles. The molecule has 1 fully saturated rings. The van der Waals surface area contributed by atoms with E-state index in [9.17, 15) is 18.7 Å². The maximum absolute atomic E-state index is 14.8. The van der Waals surface area contributed by atoms with Crippen molar-refractivity contribution in [2.45, 2.75) is 50.9 Å². The summed E-state index contributed by atoms with van der Waals surface area (Å²) in [5.74, 6) is 0.718. The number of hydrogen-bond acceptors (Lipinski definition) is 6. The second-order valence-corrected chi connectivity index (χ2v) is 11.3. The Morgan fingerprint density at radius 2 is 1.82 bits per heavy atom. The van der Waals surface area contributed by atoms with Crippen LogP contribution in [0.5, 0.6) is 11.5 Å². The Morgan fingerprint density at radius 3 is 2.49 bits per heavy atom. The van der Waals surface area contributed by atoms with E-state index in [4.69, 9.17) is 20.8 Å². The van der Waals surface area contributed by atoms with Crippen LogP contribution in [-0.2, 0) is 28.1 Å². The number of halogens is 2. The predicted molar refractivity (Wildman–Crippen MR) is 167 cm³/mol. The molecular weight excluding hydrogens is 580 g/mol. The summed E-state index contributed by atoms with van der Waals surface area (Å²) in [6, 6.07) is 19.9. The number of alkyl halides is 2. The van der Waals surface area contributed by atoms with E-state index in [2.05, 4.69) is 4.85 Å². The standard InChI is InChI=1S/C35H37F2N3O5/c1-4-44-33(41)19-25-10-13-31(32(18-25)43-3)45-27-14-16-39(17-15-27)23-35(42,34(36)37)29-22-40(21-24-8-6-5-7-9-24)30-20-26(38-2)11-12-28(29)30/h5-13,18,20,22,27,34,42H,4,14-17,19,21,23H2,1,3H3. The SMILES string of the molecule is [C-]#[N+]c1ccc2c(C(O)(CN3CCC(Oc4ccc(CC(=O)OCC)cc4OC)CC3)C(F)F)cn(Cc3ccccc3)c2c1. The molecule has 0 amide bonds. The Kier molecular flexibility index (Phi) is 10.0. The molecule has 4 aromatic rings. The number of benzene rings is 3. The Morgan fingerprint density at radius 1 is 1.07 bits per heavy atom. The predicted octanol–water partition coefficient (Wildman–Crippen LogP) is 6.35. The summed E-state index contributed by atoms with van der Waals surface area (Å²) < 4.78 is 48.2. The average molecular weight is 618 g/mol. The van der Waals surface area contributed by atoms with Crippen LogP contribution in [0.15, 0.2) is 72.9 Å². The van der Waals surface area contributed by atoms with Gasteiger partial charge >= 0.3 is 5.97 Å². The lowest BCUT2D eigenvalue weighted by molar-refractivity contribution is -0.142. The Labute approximate surface area is 261 Å². The van der Waals surface area contributed by atoms with E-state index in [0.717, 1.165) is 11.1 Å². The van der Waals surface area contributed by atoms with Crippen molar-refractivity contribution in [3.63, 3.8) is 0 Å². The van der Waals surface area contributed by atoms with E-state index < -0.39 is 12.0 Å². The first-order valence-electron chi connectivity index (χ1n) is 15.0. The van der Waals surface area contributed by atoms with Gasteiger partial charge in [-0.05, 0) is 49.1 Å². The van der Waals surface area contributed by atoms with Crippen molar-refractivity contribution < 1.29 is 32.9 Å². The second-order valence-electron chi connectivity index (χ2n) is 11.3. The second kappa shape index (κ2) is 14.1. The van der Waals surface area contributed by atoms with Gasteiger partial charge in [-0.1, -0.05) is 48.5 Å². The van der Waals surface area contributed by atoms with Crippen LogP contribution in [0.1, 0.15) is 36.5 Å². The molecule has 8 nitrogen and oxygen atoms in total. The van der Waals surface area contributed by atoms with Gasteiger partial charge in [-0.2, -0.15) is 0 Å². The number of esters is 1. The first-order valence-corrected chi connectivity index (χ1v) is 15.0. The highest BCUT2D eigenvalue weighted by Gasteiger charge is 2.44. The number of nitrogens with zero attached hydrogens (tertiary/aromatic N) is 3. The molecule has 1 saturated heterocycles. The van der Waals surface area contributed by atoms with Gasteiger partial charge in [0, 0.05) is 48.8 Å². The quantitative estimate of drug-likeness (QED) is 0.148. The van der Waals surface area contributed by atoms with Crippen LogP contribution in [0.3, 0.4) is 0 Å². The van der Waals surface area contributed by atoms with Crippen LogP contribution in [0.4, 0.5) is 14.5 Å². The minimum atomic E-state index is -3.04. The molecule has 5 rings (SSSR count). The number of β-amino-alcohol motifs (C(OH)–C–C–N with tert-alkyl or cyclic N) is 1. The Hall–Kier alpha value is -4.46. The third kappa shape index (κ3) is 7.27. The van der Waals surface area contributed by atoms with E-state index in [1.54, 1.807) is 49.5 Å². The fourth-order valence-electron chi connectivity index (χ4n) is 5.88. The largest absolute Gasteiger partial charge is 0.493 e. The molecule has 1 unspecified atom stereocenters. The summed E-state index contributed by atoms with van der Waals surface area (Å²) in [4.78, 5) is 17.2. The number of hydrogen-bond donors (Lipinski definition) is 1. The van der Waals surface area contributed by atoms with Crippen molar-refractivity contribution in [3.05, 3.63) is 101 Å². The highest BCUT2D eigenvalue weighted by Crippen LogP contribution is 2.38. The summed E-state index contributed by atoms with van der Waals surface area (Å²) in [6.07, 6.45) is -0.355. The molecule has 0 aliphatic carbocycles. The number of rotatable bonds is 12. The van der Waals surface area contributed by atoms with E-state index in [1.807, 2.05) is 39.8 Å². The lowest BCUT2D eigenvalue weighted by Gasteiger charge is -2.38. The number of aromatic nitrogens is 1. The van der Waals surface area contributed by atoms with Crippen molar-refractivity contribution in [1.82, 2.24) is 9.47 Å². The van der Waals surface area contributed by atoms with Gasteiger partial charge in [-0.15, -0.1) is 0 Å². The molecule has 1 aliphatic rings. The average Bonchev–Trinajstić information content (AvgIpc) is 3.41. The van der Waals surface area contributed by atoms with Crippen molar-refractivity contribution in [1.29, 1.82) is 0 Å². The summed E-state index contributed by atoms with van der Waals surface area (Å²) in [5.41, 5.74) is 0.457. The molecule has 0 spiro atoms. The van der Waals surface area contributed by atoms with Crippen LogP contribution in [0.2, 0.25) is 0 Å². The first-order chi connectivity index (χ1) is 21.7. The van der Waals surface area contributed by atoms with Crippen LogP contribution in [0.25, 0.3) is 15.7 Å². The molecular formula is C35H37F2N3O5.